The van der Waals surface area contributed by atoms with Gasteiger partial charge in [0.25, 0.3) is 0 Å². The summed E-state index contributed by atoms with van der Waals surface area (Å²) in [5.41, 5.74) is 1.95. The molecule has 0 aliphatic carbocycles. The predicted octanol–water partition coefficient (Wildman–Crippen LogP) is 3.29. The third-order valence-corrected chi connectivity index (χ3v) is 2.34. The van der Waals surface area contributed by atoms with Crippen molar-refractivity contribution in [3.8, 4) is 5.40 Å². The zero-order valence-corrected chi connectivity index (χ0v) is 9.80. The highest BCUT2D eigenvalue weighted by molar-refractivity contribution is 7.85. The zero-order valence-electron chi connectivity index (χ0n) is 9.91. The fourth-order valence-corrected chi connectivity index (χ4v) is 1.68. The van der Waals surface area contributed by atoms with Crippen LogP contribution in [0, 0.1) is 10.7 Å². The lowest BCUT2D eigenvalue weighted by molar-refractivity contribution is 1.37. The molecule has 3 aromatic rings. The fraction of sp³-hybridized carbons (Fsp3) is 0. The first-order valence-electron chi connectivity index (χ1n) is 4.98. The van der Waals surface area contributed by atoms with Crippen molar-refractivity contribution in [1.82, 2.24) is 9.97 Å². The normalized spacial score (nSPS) is 9.41. The standard InChI is InChI=1S/C12H8N2.CHNS/c1-3-9-5-6-10-4-2-8-14-12(10)11(9)13-7-1;2-1-3/h1-8H;3H/p+1. The van der Waals surface area contributed by atoms with Gasteiger partial charge >= 0.3 is 1.43 Å². The van der Waals surface area contributed by atoms with Crippen molar-refractivity contribution in [2.24, 2.45) is 0 Å². The van der Waals surface area contributed by atoms with E-state index >= 15 is 0 Å². The van der Waals surface area contributed by atoms with Gasteiger partial charge < -0.3 is 0 Å². The van der Waals surface area contributed by atoms with Crippen molar-refractivity contribution >= 4 is 34.4 Å². The molecule has 0 bridgehead atoms. The van der Waals surface area contributed by atoms with Gasteiger partial charge in [0.2, 0.25) is 0 Å². The Morgan fingerprint density at radius 1 is 0.941 bits per heavy atom. The van der Waals surface area contributed by atoms with E-state index in [2.05, 4.69) is 46.9 Å². The lowest BCUT2D eigenvalue weighted by Crippen LogP contribution is -1.83. The van der Waals surface area contributed by atoms with Crippen LogP contribution in [0.1, 0.15) is 1.43 Å². The summed E-state index contributed by atoms with van der Waals surface area (Å²) in [4.78, 5) is 8.69. The number of aromatic nitrogens is 2. The van der Waals surface area contributed by atoms with Crippen LogP contribution in [-0.2, 0) is 0 Å². The Morgan fingerprint density at radius 3 is 1.76 bits per heavy atom. The quantitative estimate of drug-likeness (QED) is 0.372. The number of hydrogen-bond acceptors (Lipinski definition) is 4. The van der Waals surface area contributed by atoms with Crippen LogP contribution in [0.15, 0.2) is 48.8 Å². The molecule has 4 heteroatoms. The van der Waals surface area contributed by atoms with Crippen molar-refractivity contribution in [1.29, 1.82) is 5.26 Å². The fourth-order valence-electron chi connectivity index (χ4n) is 1.68. The predicted molar refractivity (Wildman–Crippen MR) is 72.8 cm³/mol. The van der Waals surface area contributed by atoms with Gasteiger partial charge in [0, 0.05) is 23.2 Å². The molecule has 0 amide bonds. The molecule has 0 spiro atoms. The van der Waals surface area contributed by atoms with Crippen molar-refractivity contribution in [2.75, 3.05) is 0 Å². The maximum absolute atomic E-state index is 7.18. The van der Waals surface area contributed by atoms with E-state index in [9.17, 15) is 0 Å². The molecule has 0 atom stereocenters. The number of thiocyanates is 1. The molecule has 0 fully saturated rings. The van der Waals surface area contributed by atoms with Gasteiger partial charge in [-0.15, -0.1) is 0 Å². The summed E-state index contributed by atoms with van der Waals surface area (Å²) in [6.07, 6.45) is 3.60. The van der Waals surface area contributed by atoms with E-state index in [4.69, 9.17) is 5.26 Å². The average Bonchev–Trinajstić information content (AvgIpc) is 2.40. The smallest absolute Gasteiger partial charge is 0.254 e. The van der Waals surface area contributed by atoms with Crippen LogP contribution in [0.2, 0.25) is 0 Å². The zero-order chi connectivity index (χ0) is 12.1. The van der Waals surface area contributed by atoms with Gasteiger partial charge in [0.15, 0.2) is 0 Å². The Morgan fingerprint density at radius 2 is 1.35 bits per heavy atom. The molecule has 82 valence electrons. The van der Waals surface area contributed by atoms with Crippen LogP contribution in [0.25, 0.3) is 21.8 Å². The van der Waals surface area contributed by atoms with Gasteiger partial charge in [-0.3, -0.25) is 9.97 Å². The van der Waals surface area contributed by atoms with Crippen LogP contribution >= 0.6 is 12.6 Å². The topological polar surface area (TPSA) is 49.6 Å². The Labute approximate surface area is 106 Å². The van der Waals surface area contributed by atoms with Crippen LogP contribution in [0.4, 0.5) is 0 Å². The molecule has 0 unspecified atom stereocenters. The number of pyridine rings is 2. The Bertz CT molecular complexity index is 639. The Kier molecular flexibility index (Phi) is 3.53. The molecule has 0 aliphatic heterocycles. The van der Waals surface area contributed by atoms with E-state index in [-0.39, 0.29) is 1.43 Å². The third kappa shape index (κ3) is 2.35. The minimum atomic E-state index is 0. The summed E-state index contributed by atoms with van der Waals surface area (Å²) in [6.45, 7) is 0. The third-order valence-electron chi connectivity index (χ3n) is 2.34. The summed E-state index contributed by atoms with van der Waals surface area (Å²) < 4.78 is 0. The number of hydrogen-bond donors (Lipinski definition) is 1. The van der Waals surface area contributed by atoms with Gasteiger partial charge in [0.05, 0.1) is 11.0 Å². The molecule has 3 rings (SSSR count). The SMILES string of the molecule is N#CS.[H+].c1cnc2c(c1)ccc1cccnc12. The van der Waals surface area contributed by atoms with Crippen molar-refractivity contribution in [3.05, 3.63) is 48.8 Å². The summed E-state index contributed by atoms with van der Waals surface area (Å²) >= 11 is 3.09. The lowest BCUT2D eigenvalue weighted by atomic mass is 10.1. The summed E-state index contributed by atoms with van der Waals surface area (Å²) in [5.74, 6) is 0. The Hall–Kier alpha value is -2.12. The van der Waals surface area contributed by atoms with Crippen molar-refractivity contribution < 1.29 is 1.43 Å². The molecule has 1 aromatic carbocycles. The van der Waals surface area contributed by atoms with E-state index in [1.165, 1.54) is 5.40 Å². The molecule has 0 radical (unpaired) electrons. The van der Waals surface area contributed by atoms with E-state index in [1.54, 1.807) is 12.4 Å². The van der Waals surface area contributed by atoms with Gasteiger partial charge in [-0.25, -0.2) is 0 Å². The van der Waals surface area contributed by atoms with Crippen molar-refractivity contribution in [2.45, 2.75) is 0 Å². The van der Waals surface area contributed by atoms with Gasteiger partial charge in [-0.05, 0) is 12.1 Å². The molecule has 0 N–H and O–H groups in total. The molecular formula is C13H10N3S+. The highest BCUT2D eigenvalue weighted by atomic mass is 32.1. The van der Waals surface area contributed by atoms with Crippen LogP contribution in [0.3, 0.4) is 0 Å². The number of nitriles is 1. The summed E-state index contributed by atoms with van der Waals surface area (Å²) in [7, 11) is 0. The molecule has 0 saturated carbocycles. The van der Waals surface area contributed by atoms with E-state index < -0.39 is 0 Å². The summed E-state index contributed by atoms with van der Waals surface area (Å²) in [5, 5.41) is 10.9. The van der Waals surface area contributed by atoms with E-state index in [1.807, 2.05) is 12.1 Å². The highest BCUT2D eigenvalue weighted by Crippen LogP contribution is 2.20. The molecule has 0 aliphatic rings. The van der Waals surface area contributed by atoms with Crippen LogP contribution in [0.5, 0.6) is 0 Å². The van der Waals surface area contributed by atoms with Crippen LogP contribution in [-0.4, -0.2) is 9.97 Å². The lowest BCUT2D eigenvalue weighted by Gasteiger charge is -2.00. The maximum Gasteiger partial charge on any atom is 1.00 e. The highest BCUT2D eigenvalue weighted by Gasteiger charge is 2.00. The van der Waals surface area contributed by atoms with Gasteiger partial charge in [-0.2, -0.15) is 5.26 Å². The largest absolute Gasteiger partial charge is 1.00 e. The number of nitrogens with zero attached hydrogens (tertiary/aromatic N) is 3. The second-order valence-corrected chi connectivity index (χ2v) is 3.52. The van der Waals surface area contributed by atoms with E-state index in [0.29, 0.717) is 0 Å². The first-order valence-corrected chi connectivity index (χ1v) is 5.43. The first-order chi connectivity index (χ1) is 8.36. The molecule has 2 heterocycles. The van der Waals surface area contributed by atoms with Gasteiger partial charge in [0.1, 0.15) is 5.40 Å². The number of fused-ring (bicyclic) bond motifs is 3. The first kappa shape index (κ1) is 11.4. The molecule has 2 aromatic heterocycles. The van der Waals surface area contributed by atoms with Gasteiger partial charge in [-0.1, -0.05) is 36.9 Å². The molecule has 3 nitrogen and oxygen atoms in total. The monoisotopic (exact) mass is 240 g/mol. The summed E-state index contributed by atoms with van der Waals surface area (Å²) in [6, 6.07) is 12.1. The maximum atomic E-state index is 7.18. The minimum absolute atomic E-state index is 0. The van der Waals surface area contributed by atoms with Crippen LogP contribution < -0.4 is 0 Å². The molecule has 0 saturated heterocycles. The molecule has 17 heavy (non-hydrogen) atoms. The number of thiol groups is 1. The molecular weight excluding hydrogens is 230 g/mol. The average molecular weight is 240 g/mol. The second-order valence-electron chi connectivity index (χ2n) is 3.32. The Balaban J connectivity index is 0.000000372. The number of rotatable bonds is 0. The minimum Gasteiger partial charge on any atom is -0.254 e. The number of benzene rings is 1. The van der Waals surface area contributed by atoms with Crippen molar-refractivity contribution in [3.63, 3.8) is 0 Å². The second kappa shape index (κ2) is 5.28. The van der Waals surface area contributed by atoms with E-state index in [0.717, 1.165) is 21.8 Å².